The number of pyridine rings is 2. The Hall–Kier alpha value is -5.83. The van der Waals surface area contributed by atoms with E-state index in [2.05, 4.69) is 10.6 Å². The summed E-state index contributed by atoms with van der Waals surface area (Å²) in [6.07, 6.45) is -0.193. The van der Waals surface area contributed by atoms with Crippen molar-refractivity contribution in [3.8, 4) is 11.4 Å². The summed E-state index contributed by atoms with van der Waals surface area (Å²) in [6.45, 7) is 10.1. The summed E-state index contributed by atoms with van der Waals surface area (Å²) in [6, 6.07) is 7.47. The largest absolute Gasteiger partial charge is 0.458 e. The van der Waals surface area contributed by atoms with Crippen LogP contribution in [0.25, 0.3) is 22.3 Å². The van der Waals surface area contributed by atoms with Gasteiger partial charge in [-0.05, 0) is 93.0 Å². The molecule has 1 unspecified atom stereocenters. The second-order valence-corrected chi connectivity index (χ2v) is 15.8. The Morgan fingerprint density at radius 2 is 1.86 bits per heavy atom. The van der Waals surface area contributed by atoms with Crippen LogP contribution in [0.2, 0.25) is 0 Å². The van der Waals surface area contributed by atoms with Gasteiger partial charge in [0.2, 0.25) is 5.91 Å². The third-order valence-corrected chi connectivity index (χ3v) is 11.0. The number of aryl methyl sites for hydroxylation is 1. The number of fused-ring (bicyclic) bond motifs is 5. The molecule has 2 atom stereocenters. The Kier molecular flexibility index (Phi) is 10.1. The SMILES string of the molecule is CCC(=O)Nc1ccc(COC(=O)NC2CCc3c(C)c(F)cc4nc5c(c2c34)Cn2c-5cc3c(c2=O)COC(=O)[C@]3(O)CC)c(CN(C)C(=O)OC(C)(C)C)c1. The van der Waals surface area contributed by atoms with Gasteiger partial charge in [-0.3, -0.25) is 9.59 Å². The van der Waals surface area contributed by atoms with Crippen LogP contribution in [0.4, 0.5) is 19.7 Å². The highest BCUT2D eigenvalue weighted by atomic mass is 19.1. The molecule has 2 aliphatic heterocycles. The van der Waals surface area contributed by atoms with Crippen molar-refractivity contribution in [2.24, 2.45) is 0 Å². The summed E-state index contributed by atoms with van der Waals surface area (Å²) in [5.41, 5.74) is 2.57. The van der Waals surface area contributed by atoms with E-state index in [0.717, 1.165) is 5.56 Å². The summed E-state index contributed by atoms with van der Waals surface area (Å²) in [5.74, 6) is -1.46. The number of anilines is 1. The molecule has 4 heterocycles. The summed E-state index contributed by atoms with van der Waals surface area (Å²) in [4.78, 5) is 71.6. The van der Waals surface area contributed by atoms with E-state index in [4.69, 9.17) is 19.2 Å². The van der Waals surface area contributed by atoms with Gasteiger partial charge in [0.05, 0.1) is 35.1 Å². The predicted molar refractivity (Wildman–Crippen MR) is 207 cm³/mol. The van der Waals surface area contributed by atoms with Crippen molar-refractivity contribution in [2.45, 2.75) is 111 Å². The number of nitrogens with one attached hydrogen (secondary N) is 2. The maximum Gasteiger partial charge on any atom is 0.410 e. The lowest BCUT2D eigenvalue weighted by Crippen LogP contribution is -2.44. The van der Waals surface area contributed by atoms with Gasteiger partial charge >= 0.3 is 18.2 Å². The topological polar surface area (TPSA) is 178 Å². The van der Waals surface area contributed by atoms with Gasteiger partial charge in [-0.25, -0.2) is 23.8 Å². The van der Waals surface area contributed by atoms with E-state index < -0.39 is 46.8 Å². The first-order valence-electron chi connectivity index (χ1n) is 19.0. The van der Waals surface area contributed by atoms with E-state index in [0.29, 0.717) is 68.6 Å². The van der Waals surface area contributed by atoms with Crippen LogP contribution in [0.3, 0.4) is 0 Å². The number of hydrogen-bond acceptors (Lipinski definition) is 10. The van der Waals surface area contributed by atoms with Crippen molar-refractivity contribution >= 4 is 40.7 Å². The van der Waals surface area contributed by atoms with Gasteiger partial charge < -0.3 is 39.4 Å². The zero-order valence-corrected chi connectivity index (χ0v) is 33.1. The first kappa shape index (κ1) is 39.4. The number of amides is 3. The van der Waals surface area contributed by atoms with Crippen LogP contribution < -0.4 is 16.2 Å². The number of alkyl carbamates (subject to hydrolysis) is 1. The predicted octanol–water partition coefficient (Wildman–Crippen LogP) is 6.16. The first-order valence-corrected chi connectivity index (χ1v) is 19.0. The number of nitrogens with zero attached hydrogens (tertiary/aromatic N) is 3. The number of carbonyl (C=O) groups excluding carboxylic acids is 4. The van der Waals surface area contributed by atoms with Crippen LogP contribution in [-0.4, -0.2) is 56.3 Å². The number of esters is 1. The number of benzene rings is 2. The molecule has 0 spiro atoms. The average molecular weight is 784 g/mol. The van der Waals surface area contributed by atoms with Crippen LogP contribution in [0.5, 0.6) is 0 Å². The fourth-order valence-electron chi connectivity index (χ4n) is 7.93. The average Bonchev–Trinajstić information content (AvgIpc) is 3.53. The Bertz CT molecular complexity index is 2440. The Morgan fingerprint density at radius 3 is 2.56 bits per heavy atom. The van der Waals surface area contributed by atoms with Gasteiger partial charge in [0, 0.05) is 48.3 Å². The Labute approximate surface area is 328 Å². The molecule has 0 saturated heterocycles. The zero-order chi connectivity index (χ0) is 41.1. The molecule has 14 nitrogen and oxygen atoms in total. The van der Waals surface area contributed by atoms with Crippen molar-refractivity contribution in [3.05, 3.63) is 91.0 Å². The molecule has 7 rings (SSSR count). The van der Waals surface area contributed by atoms with Crippen LogP contribution >= 0.6 is 0 Å². The van der Waals surface area contributed by atoms with Gasteiger partial charge in [0.15, 0.2) is 5.60 Å². The summed E-state index contributed by atoms with van der Waals surface area (Å²) < 4.78 is 33.4. The van der Waals surface area contributed by atoms with Crippen LogP contribution in [-0.2, 0) is 62.1 Å². The van der Waals surface area contributed by atoms with Gasteiger partial charge in [-0.15, -0.1) is 0 Å². The van der Waals surface area contributed by atoms with Crippen molar-refractivity contribution in [3.63, 3.8) is 0 Å². The van der Waals surface area contributed by atoms with E-state index in [1.807, 2.05) is 0 Å². The molecular formula is C42H46FN5O9. The molecule has 57 heavy (non-hydrogen) atoms. The highest BCUT2D eigenvalue weighted by Crippen LogP contribution is 2.46. The number of aliphatic hydroxyl groups is 1. The third kappa shape index (κ3) is 7.09. The van der Waals surface area contributed by atoms with E-state index in [9.17, 15) is 29.1 Å². The lowest BCUT2D eigenvalue weighted by atomic mass is 9.81. The van der Waals surface area contributed by atoms with Crippen molar-refractivity contribution in [1.29, 1.82) is 0 Å². The minimum atomic E-state index is -2.02. The molecule has 15 heteroatoms. The monoisotopic (exact) mass is 783 g/mol. The molecule has 1 aliphatic carbocycles. The minimum Gasteiger partial charge on any atom is -0.458 e. The zero-order valence-electron chi connectivity index (χ0n) is 33.1. The minimum absolute atomic E-state index is 0.0194. The lowest BCUT2D eigenvalue weighted by Gasteiger charge is -2.31. The number of hydrogen-bond donors (Lipinski definition) is 3. The molecule has 2 aromatic heterocycles. The summed E-state index contributed by atoms with van der Waals surface area (Å²) in [7, 11) is 1.59. The normalized spacial score (nSPS) is 17.9. The Balaban J connectivity index is 1.21. The van der Waals surface area contributed by atoms with Crippen LogP contribution in [0, 0.1) is 12.7 Å². The molecule has 0 fully saturated rings. The molecule has 3 aliphatic rings. The van der Waals surface area contributed by atoms with E-state index >= 15 is 4.39 Å². The summed E-state index contributed by atoms with van der Waals surface area (Å²) >= 11 is 0. The maximum absolute atomic E-state index is 15.4. The molecule has 0 saturated carbocycles. The molecule has 4 aromatic rings. The van der Waals surface area contributed by atoms with Crippen molar-refractivity contribution in [1.82, 2.24) is 19.8 Å². The first-order chi connectivity index (χ1) is 26.9. The molecular weight excluding hydrogens is 737 g/mol. The molecule has 2 aromatic carbocycles. The highest BCUT2D eigenvalue weighted by Gasteiger charge is 2.46. The number of halogens is 1. The van der Waals surface area contributed by atoms with E-state index in [-0.39, 0.29) is 56.2 Å². The molecule has 300 valence electrons. The molecule has 0 radical (unpaired) electrons. The highest BCUT2D eigenvalue weighted by molar-refractivity contribution is 5.94. The van der Waals surface area contributed by atoms with Crippen molar-refractivity contribution in [2.75, 3.05) is 12.4 Å². The summed E-state index contributed by atoms with van der Waals surface area (Å²) in [5, 5.41) is 17.9. The van der Waals surface area contributed by atoms with Gasteiger partial charge in [-0.2, -0.15) is 0 Å². The smallest absolute Gasteiger partial charge is 0.410 e. The number of aromatic nitrogens is 2. The van der Waals surface area contributed by atoms with Gasteiger partial charge in [0.1, 0.15) is 24.6 Å². The van der Waals surface area contributed by atoms with Crippen LogP contribution in [0.15, 0.2) is 35.1 Å². The fraction of sp³-hybridized carbons (Fsp3) is 0.429. The third-order valence-electron chi connectivity index (χ3n) is 11.0. The second-order valence-electron chi connectivity index (χ2n) is 15.8. The van der Waals surface area contributed by atoms with Gasteiger partial charge in [0.25, 0.3) is 5.56 Å². The quantitative estimate of drug-likeness (QED) is 0.122. The van der Waals surface area contributed by atoms with Crippen LogP contribution in [0.1, 0.15) is 104 Å². The van der Waals surface area contributed by atoms with E-state index in [1.54, 1.807) is 72.9 Å². The number of rotatable bonds is 8. The fourth-order valence-corrected chi connectivity index (χ4v) is 7.93. The number of ether oxygens (including phenoxy) is 3. The second kappa shape index (κ2) is 14.6. The number of cyclic esters (lactones) is 1. The maximum atomic E-state index is 15.4. The molecule has 3 amide bonds. The van der Waals surface area contributed by atoms with Gasteiger partial charge in [-0.1, -0.05) is 19.9 Å². The lowest BCUT2D eigenvalue weighted by molar-refractivity contribution is -0.172. The van der Waals surface area contributed by atoms with Crippen molar-refractivity contribution < 1.29 is 42.9 Å². The Morgan fingerprint density at radius 1 is 1.11 bits per heavy atom. The van der Waals surface area contributed by atoms with E-state index in [1.165, 1.54) is 15.5 Å². The standard InChI is InChI=1S/C42H46FN5O9/c1-8-33(49)44-24-11-10-22(23(14-24)17-47(7)40(53)57-41(4,5)6)19-56-39(52)46-30-13-12-25-21(3)29(43)16-31-34(25)35(30)26-18-48-32(36(26)45-31)15-28-27(37(48)50)20-55-38(51)42(28,54)9-2/h10-11,14-16,30,54H,8-9,12-13,17-20H2,1-7H3,(H,44,49)(H,46,52)/t30?,42-/m0/s1. The molecule has 3 N–H and O–H groups in total. The number of carbonyl (C=O) groups is 4. The molecule has 0 bridgehead atoms.